The molecule has 5 nitrogen and oxygen atoms in total. The normalized spacial score (nSPS) is 13.1. The molecule has 108 valence electrons. The van der Waals surface area contributed by atoms with Crippen molar-refractivity contribution < 1.29 is 4.79 Å². The van der Waals surface area contributed by atoms with Crippen molar-refractivity contribution in [1.29, 1.82) is 0 Å². The predicted octanol–water partition coefficient (Wildman–Crippen LogP) is 0.114. The van der Waals surface area contributed by atoms with Crippen molar-refractivity contribution in [2.75, 3.05) is 46.8 Å². The number of rotatable bonds is 10. The maximum atomic E-state index is 11.7. The van der Waals surface area contributed by atoms with Crippen LogP contribution in [0.5, 0.6) is 0 Å². The Labute approximate surface area is 112 Å². The van der Waals surface area contributed by atoms with Gasteiger partial charge in [-0.1, -0.05) is 6.92 Å². The number of carbonyl (C=O) groups excluding carboxylic acids is 1. The van der Waals surface area contributed by atoms with E-state index in [1.165, 1.54) is 0 Å². The molecule has 0 bridgehead atoms. The van der Waals surface area contributed by atoms with Gasteiger partial charge in [0, 0.05) is 38.6 Å². The van der Waals surface area contributed by atoms with Crippen LogP contribution in [0.4, 0.5) is 0 Å². The SMILES string of the molecule is CCCN(CCN(C)C)C(CN)CC(=O)NCC. The highest BCUT2D eigenvalue weighted by molar-refractivity contribution is 5.76. The summed E-state index contributed by atoms with van der Waals surface area (Å²) < 4.78 is 0. The molecule has 0 saturated carbocycles. The van der Waals surface area contributed by atoms with Gasteiger partial charge in [0.15, 0.2) is 0 Å². The van der Waals surface area contributed by atoms with Crippen LogP contribution < -0.4 is 11.1 Å². The Morgan fingerprint density at radius 3 is 2.33 bits per heavy atom. The van der Waals surface area contributed by atoms with Gasteiger partial charge in [0.1, 0.15) is 0 Å². The number of hydrogen-bond donors (Lipinski definition) is 2. The number of carbonyl (C=O) groups is 1. The van der Waals surface area contributed by atoms with Crippen LogP contribution in [0.2, 0.25) is 0 Å². The Hall–Kier alpha value is -0.650. The molecular formula is C13H30N4O. The van der Waals surface area contributed by atoms with Crippen molar-refractivity contribution in [3.8, 4) is 0 Å². The van der Waals surface area contributed by atoms with Gasteiger partial charge in [-0.15, -0.1) is 0 Å². The van der Waals surface area contributed by atoms with Crippen molar-refractivity contribution in [2.45, 2.75) is 32.7 Å². The minimum atomic E-state index is 0.0962. The van der Waals surface area contributed by atoms with Gasteiger partial charge in [-0.25, -0.2) is 0 Å². The van der Waals surface area contributed by atoms with Crippen LogP contribution in [-0.2, 0) is 4.79 Å². The van der Waals surface area contributed by atoms with E-state index in [4.69, 9.17) is 5.73 Å². The van der Waals surface area contributed by atoms with E-state index >= 15 is 0 Å². The summed E-state index contributed by atoms with van der Waals surface area (Å²) in [7, 11) is 4.12. The number of nitrogens with zero attached hydrogens (tertiary/aromatic N) is 2. The average Bonchev–Trinajstić information content (AvgIpc) is 2.32. The van der Waals surface area contributed by atoms with E-state index < -0.39 is 0 Å². The van der Waals surface area contributed by atoms with Crippen LogP contribution in [0.1, 0.15) is 26.7 Å². The van der Waals surface area contributed by atoms with Crippen molar-refractivity contribution in [2.24, 2.45) is 5.73 Å². The molecule has 0 aromatic rings. The molecule has 1 atom stereocenters. The molecule has 0 aliphatic heterocycles. The van der Waals surface area contributed by atoms with Gasteiger partial charge in [0.2, 0.25) is 5.91 Å². The third kappa shape index (κ3) is 7.63. The summed E-state index contributed by atoms with van der Waals surface area (Å²) in [6, 6.07) is 0.149. The lowest BCUT2D eigenvalue weighted by atomic mass is 10.1. The molecule has 0 radical (unpaired) electrons. The maximum absolute atomic E-state index is 11.7. The van der Waals surface area contributed by atoms with Crippen LogP contribution >= 0.6 is 0 Å². The van der Waals surface area contributed by atoms with Crippen LogP contribution in [0.25, 0.3) is 0 Å². The van der Waals surface area contributed by atoms with Gasteiger partial charge in [-0.2, -0.15) is 0 Å². The molecule has 0 aromatic carbocycles. The lowest BCUT2D eigenvalue weighted by Gasteiger charge is -2.31. The minimum absolute atomic E-state index is 0.0962. The first-order chi connectivity index (χ1) is 8.54. The zero-order chi connectivity index (χ0) is 14.0. The van der Waals surface area contributed by atoms with Gasteiger partial charge in [0.25, 0.3) is 0 Å². The molecule has 3 N–H and O–H groups in total. The molecule has 0 fully saturated rings. The molecule has 0 spiro atoms. The third-order valence-corrected chi connectivity index (χ3v) is 2.93. The first kappa shape index (κ1) is 17.4. The first-order valence-electron chi connectivity index (χ1n) is 6.90. The van der Waals surface area contributed by atoms with Crippen LogP contribution in [0.3, 0.4) is 0 Å². The topological polar surface area (TPSA) is 61.6 Å². The second-order valence-corrected chi connectivity index (χ2v) is 4.89. The van der Waals surface area contributed by atoms with Gasteiger partial charge in [-0.3, -0.25) is 9.69 Å². The second-order valence-electron chi connectivity index (χ2n) is 4.89. The van der Waals surface area contributed by atoms with Crippen LogP contribution in [-0.4, -0.2) is 68.6 Å². The second kappa shape index (κ2) is 10.3. The van der Waals surface area contributed by atoms with Crippen molar-refractivity contribution in [3.05, 3.63) is 0 Å². The molecular weight excluding hydrogens is 228 g/mol. The van der Waals surface area contributed by atoms with Crippen molar-refractivity contribution in [3.63, 3.8) is 0 Å². The molecule has 18 heavy (non-hydrogen) atoms. The van der Waals surface area contributed by atoms with Gasteiger partial charge < -0.3 is 16.0 Å². The highest BCUT2D eigenvalue weighted by Gasteiger charge is 2.19. The van der Waals surface area contributed by atoms with E-state index in [-0.39, 0.29) is 11.9 Å². The number of nitrogens with one attached hydrogen (secondary N) is 1. The van der Waals surface area contributed by atoms with E-state index in [0.29, 0.717) is 19.5 Å². The van der Waals surface area contributed by atoms with Gasteiger partial charge in [0.05, 0.1) is 0 Å². The van der Waals surface area contributed by atoms with Gasteiger partial charge in [-0.05, 0) is 34.0 Å². The predicted molar refractivity (Wildman–Crippen MR) is 76.6 cm³/mol. The fourth-order valence-electron chi connectivity index (χ4n) is 1.94. The molecule has 0 heterocycles. The molecule has 0 aromatic heterocycles. The summed E-state index contributed by atoms with van der Waals surface area (Å²) in [5.41, 5.74) is 5.82. The smallest absolute Gasteiger partial charge is 0.221 e. The zero-order valence-corrected chi connectivity index (χ0v) is 12.4. The highest BCUT2D eigenvalue weighted by atomic mass is 16.1. The molecule has 0 aliphatic rings. The summed E-state index contributed by atoms with van der Waals surface area (Å²) in [6.45, 7) is 8.25. The number of nitrogens with two attached hydrogens (primary N) is 1. The number of hydrogen-bond acceptors (Lipinski definition) is 4. The number of amides is 1. The fourth-order valence-corrected chi connectivity index (χ4v) is 1.94. The first-order valence-corrected chi connectivity index (χ1v) is 6.90. The standard InChI is InChI=1S/C13H30N4O/c1-5-7-17(9-8-16(3)4)12(11-14)10-13(18)15-6-2/h12H,5-11,14H2,1-4H3,(H,15,18). The van der Waals surface area contributed by atoms with Gasteiger partial charge >= 0.3 is 0 Å². The van der Waals surface area contributed by atoms with E-state index in [1.807, 2.05) is 6.92 Å². The summed E-state index contributed by atoms with van der Waals surface area (Å²) in [6.07, 6.45) is 1.58. The average molecular weight is 258 g/mol. The molecule has 1 unspecified atom stereocenters. The Kier molecular flexibility index (Phi) is 9.92. The third-order valence-electron chi connectivity index (χ3n) is 2.93. The molecule has 0 saturated heterocycles. The lowest BCUT2D eigenvalue weighted by molar-refractivity contribution is -0.122. The molecule has 1 amide bonds. The van der Waals surface area contributed by atoms with E-state index in [0.717, 1.165) is 26.1 Å². The quantitative estimate of drug-likeness (QED) is 0.584. The number of likely N-dealkylation sites (N-methyl/N-ethyl adjacent to an activating group) is 1. The Morgan fingerprint density at radius 1 is 1.22 bits per heavy atom. The van der Waals surface area contributed by atoms with Crippen molar-refractivity contribution in [1.82, 2.24) is 15.1 Å². The molecule has 0 aliphatic carbocycles. The molecule has 5 heteroatoms. The fraction of sp³-hybridized carbons (Fsp3) is 0.923. The van der Waals surface area contributed by atoms with Crippen molar-refractivity contribution >= 4 is 5.91 Å². The summed E-state index contributed by atoms with van der Waals surface area (Å²) in [5.74, 6) is 0.0962. The van der Waals surface area contributed by atoms with Crippen LogP contribution in [0.15, 0.2) is 0 Å². The summed E-state index contributed by atoms with van der Waals surface area (Å²) in [5, 5.41) is 2.84. The summed E-state index contributed by atoms with van der Waals surface area (Å²) in [4.78, 5) is 16.1. The Balaban J connectivity index is 4.35. The zero-order valence-electron chi connectivity index (χ0n) is 12.4. The minimum Gasteiger partial charge on any atom is -0.356 e. The van der Waals surface area contributed by atoms with E-state index in [1.54, 1.807) is 0 Å². The molecule has 0 rings (SSSR count). The lowest BCUT2D eigenvalue weighted by Crippen LogP contribution is -2.46. The summed E-state index contributed by atoms with van der Waals surface area (Å²) >= 11 is 0. The van der Waals surface area contributed by atoms with Crippen LogP contribution in [0, 0.1) is 0 Å². The maximum Gasteiger partial charge on any atom is 0.221 e. The largest absolute Gasteiger partial charge is 0.356 e. The highest BCUT2D eigenvalue weighted by Crippen LogP contribution is 2.05. The Bertz CT molecular complexity index is 221. The van der Waals surface area contributed by atoms with E-state index in [2.05, 4.69) is 36.1 Å². The monoisotopic (exact) mass is 258 g/mol. The Morgan fingerprint density at radius 2 is 1.89 bits per heavy atom. The van der Waals surface area contributed by atoms with E-state index in [9.17, 15) is 4.79 Å².